The standard InChI is InChI=1S/C19H18O5/c1-13(20)15-5-7-16(8-6-15)24-19(21)9-4-14-10-17(22-2)12-18(11-14)23-3/h4-12H,1-3H3/b9-4+. The molecule has 0 aliphatic carbocycles. The zero-order chi connectivity index (χ0) is 17.5. The van der Waals surface area contributed by atoms with Crippen molar-refractivity contribution in [3.8, 4) is 17.2 Å². The molecule has 0 aliphatic rings. The van der Waals surface area contributed by atoms with E-state index in [1.165, 1.54) is 13.0 Å². The number of hydrogen-bond acceptors (Lipinski definition) is 5. The molecule has 5 heteroatoms. The summed E-state index contributed by atoms with van der Waals surface area (Å²) in [5.74, 6) is 1.06. The number of carbonyl (C=O) groups excluding carboxylic acids is 2. The van der Waals surface area contributed by atoms with Crippen LogP contribution in [0.1, 0.15) is 22.8 Å². The second-order valence-electron chi connectivity index (χ2n) is 4.98. The molecule has 0 heterocycles. The summed E-state index contributed by atoms with van der Waals surface area (Å²) in [5, 5.41) is 0. The minimum absolute atomic E-state index is 0.0419. The minimum atomic E-state index is -0.521. The van der Waals surface area contributed by atoms with Crippen LogP contribution in [0.5, 0.6) is 17.2 Å². The van der Waals surface area contributed by atoms with E-state index in [9.17, 15) is 9.59 Å². The van der Waals surface area contributed by atoms with Crippen LogP contribution in [0.25, 0.3) is 6.08 Å². The predicted molar refractivity (Wildman–Crippen MR) is 90.7 cm³/mol. The molecule has 0 N–H and O–H groups in total. The molecule has 0 spiro atoms. The molecule has 2 aromatic rings. The maximum Gasteiger partial charge on any atom is 0.336 e. The molecule has 0 radical (unpaired) electrons. The molecule has 2 aromatic carbocycles. The van der Waals surface area contributed by atoms with Crippen molar-refractivity contribution in [3.63, 3.8) is 0 Å². The Labute approximate surface area is 140 Å². The van der Waals surface area contributed by atoms with Gasteiger partial charge in [0.2, 0.25) is 0 Å². The average Bonchev–Trinajstić information content (AvgIpc) is 2.60. The predicted octanol–water partition coefficient (Wildman–Crippen LogP) is 3.53. The smallest absolute Gasteiger partial charge is 0.336 e. The molecule has 0 fully saturated rings. The maximum atomic E-state index is 11.9. The molecule has 124 valence electrons. The zero-order valence-corrected chi connectivity index (χ0v) is 13.7. The normalized spacial score (nSPS) is 10.5. The van der Waals surface area contributed by atoms with Crippen LogP contribution in [-0.4, -0.2) is 26.0 Å². The Balaban J connectivity index is 2.06. The highest BCUT2D eigenvalue weighted by Crippen LogP contribution is 2.23. The van der Waals surface area contributed by atoms with Crippen LogP contribution in [0.4, 0.5) is 0 Å². The van der Waals surface area contributed by atoms with E-state index in [1.807, 2.05) is 0 Å². The lowest BCUT2D eigenvalue weighted by Gasteiger charge is -2.06. The van der Waals surface area contributed by atoms with Crippen molar-refractivity contribution < 1.29 is 23.8 Å². The Kier molecular flexibility index (Phi) is 5.73. The number of methoxy groups -OCH3 is 2. The monoisotopic (exact) mass is 326 g/mol. The molecule has 0 saturated heterocycles. The molecular weight excluding hydrogens is 308 g/mol. The fourth-order valence-electron chi connectivity index (χ4n) is 2.00. The van der Waals surface area contributed by atoms with Crippen molar-refractivity contribution in [2.24, 2.45) is 0 Å². The van der Waals surface area contributed by atoms with Gasteiger partial charge in [0.05, 0.1) is 14.2 Å². The number of Topliss-reactive ketones (excluding diaryl/α,β-unsaturated/α-hetero) is 1. The molecule has 0 aliphatic heterocycles. The zero-order valence-electron chi connectivity index (χ0n) is 13.7. The van der Waals surface area contributed by atoms with Crippen molar-refractivity contribution >= 4 is 17.8 Å². The van der Waals surface area contributed by atoms with E-state index < -0.39 is 5.97 Å². The number of hydrogen-bond donors (Lipinski definition) is 0. The highest BCUT2D eigenvalue weighted by molar-refractivity contribution is 5.94. The Morgan fingerprint density at radius 2 is 1.46 bits per heavy atom. The van der Waals surface area contributed by atoms with Gasteiger partial charge in [0.1, 0.15) is 17.2 Å². The number of ketones is 1. The summed E-state index contributed by atoms with van der Waals surface area (Å²) in [4.78, 5) is 23.1. The van der Waals surface area contributed by atoms with Gasteiger partial charge in [0, 0.05) is 17.7 Å². The quantitative estimate of drug-likeness (QED) is 0.352. The summed E-state index contributed by atoms with van der Waals surface area (Å²) in [6.45, 7) is 1.48. The fourth-order valence-corrected chi connectivity index (χ4v) is 2.00. The number of esters is 1. The van der Waals surface area contributed by atoms with Gasteiger partial charge in [0.15, 0.2) is 5.78 Å². The molecule has 0 aromatic heterocycles. The number of rotatable bonds is 6. The van der Waals surface area contributed by atoms with Gasteiger partial charge in [-0.25, -0.2) is 4.79 Å². The molecule has 2 rings (SSSR count). The van der Waals surface area contributed by atoms with Crippen LogP contribution in [0.3, 0.4) is 0 Å². The van der Waals surface area contributed by atoms with Crippen LogP contribution in [0.15, 0.2) is 48.5 Å². The Morgan fingerprint density at radius 3 is 1.96 bits per heavy atom. The summed E-state index contributed by atoms with van der Waals surface area (Å²) >= 11 is 0. The third-order valence-electron chi connectivity index (χ3n) is 3.26. The van der Waals surface area contributed by atoms with Crippen molar-refractivity contribution in [1.82, 2.24) is 0 Å². The van der Waals surface area contributed by atoms with Gasteiger partial charge < -0.3 is 14.2 Å². The molecule has 5 nitrogen and oxygen atoms in total. The van der Waals surface area contributed by atoms with E-state index in [4.69, 9.17) is 14.2 Å². The molecule has 0 atom stereocenters. The van der Waals surface area contributed by atoms with Gasteiger partial charge >= 0.3 is 5.97 Å². The molecule has 0 amide bonds. The van der Waals surface area contributed by atoms with Crippen molar-refractivity contribution in [2.75, 3.05) is 14.2 Å². The number of benzene rings is 2. The van der Waals surface area contributed by atoms with Gasteiger partial charge in [-0.1, -0.05) is 0 Å². The van der Waals surface area contributed by atoms with E-state index >= 15 is 0 Å². The third-order valence-corrected chi connectivity index (χ3v) is 3.26. The minimum Gasteiger partial charge on any atom is -0.497 e. The van der Waals surface area contributed by atoms with E-state index in [0.717, 1.165) is 5.56 Å². The molecule has 0 bridgehead atoms. The Bertz CT molecular complexity index is 738. The van der Waals surface area contributed by atoms with Gasteiger partial charge in [-0.3, -0.25) is 4.79 Å². The highest BCUT2D eigenvalue weighted by Gasteiger charge is 2.04. The van der Waals surface area contributed by atoms with Crippen LogP contribution >= 0.6 is 0 Å². The number of ether oxygens (including phenoxy) is 3. The Hall–Kier alpha value is -3.08. The maximum absolute atomic E-state index is 11.9. The first-order valence-electron chi connectivity index (χ1n) is 7.26. The summed E-state index contributed by atoms with van der Waals surface area (Å²) < 4.78 is 15.5. The van der Waals surface area contributed by atoms with E-state index in [-0.39, 0.29) is 5.78 Å². The summed E-state index contributed by atoms with van der Waals surface area (Å²) in [5.41, 5.74) is 1.31. The largest absolute Gasteiger partial charge is 0.497 e. The fraction of sp³-hybridized carbons (Fsp3) is 0.158. The van der Waals surface area contributed by atoms with Crippen molar-refractivity contribution in [3.05, 3.63) is 59.7 Å². The van der Waals surface area contributed by atoms with E-state index in [0.29, 0.717) is 22.8 Å². The summed E-state index contributed by atoms with van der Waals surface area (Å²) in [7, 11) is 3.11. The lowest BCUT2D eigenvalue weighted by molar-refractivity contribution is -0.128. The number of carbonyl (C=O) groups is 2. The third kappa shape index (κ3) is 4.71. The van der Waals surface area contributed by atoms with Crippen LogP contribution in [0.2, 0.25) is 0 Å². The highest BCUT2D eigenvalue weighted by atomic mass is 16.5. The first-order chi connectivity index (χ1) is 11.5. The van der Waals surface area contributed by atoms with Gasteiger partial charge in [0.25, 0.3) is 0 Å². The molecule has 0 saturated carbocycles. The van der Waals surface area contributed by atoms with Crippen molar-refractivity contribution in [2.45, 2.75) is 6.92 Å². The first-order valence-corrected chi connectivity index (χ1v) is 7.26. The molecule has 24 heavy (non-hydrogen) atoms. The average molecular weight is 326 g/mol. The first kappa shape index (κ1) is 17.3. The van der Waals surface area contributed by atoms with Crippen molar-refractivity contribution in [1.29, 1.82) is 0 Å². The lowest BCUT2D eigenvalue weighted by atomic mass is 10.1. The SMILES string of the molecule is COc1cc(/C=C/C(=O)Oc2ccc(C(C)=O)cc2)cc(OC)c1. The Morgan fingerprint density at radius 1 is 0.875 bits per heavy atom. The van der Waals surface area contributed by atoms with Crippen LogP contribution < -0.4 is 14.2 Å². The molecular formula is C19H18O5. The molecule has 0 unspecified atom stereocenters. The van der Waals surface area contributed by atoms with Crippen LogP contribution in [0, 0.1) is 0 Å². The lowest BCUT2D eigenvalue weighted by Crippen LogP contribution is -2.04. The van der Waals surface area contributed by atoms with Crippen LogP contribution in [-0.2, 0) is 4.79 Å². The summed E-state index contributed by atoms with van der Waals surface area (Å²) in [6, 6.07) is 11.7. The second kappa shape index (κ2) is 7.97. The van der Waals surface area contributed by atoms with Gasteiger partial charge in [-0.15, -0.1) is 0 Å². The van der Waals surface area contributed by atoms with E-state index in [1.54, 1.807) is 62.8 Å². The second-order valence-corrected chi connectivity index (χ2v) is 4.98. The van der Waals surface area contributed by atoms with Gasteiger partial charge in [-0.2, -0.15) is 0 Å². The van der Waals surface area contributed by atoms with Gasteiger partial charge in [-0.05, 0) is 55.0 Å². The summed E-state index contributed by atoms with van der Waals surface area (Å²) in [6.07, 6.45) is 2.92. The van der Waals surface area contributed by atoms with E-state index in [2.05, 4.69) is 0 Å². The topological polar surface area (TPSA) is 61.8 Å².